The van der Waals surface area contributed by atoms with Crippen molar-refractivity contribution < 1.29 is 13.6 Å². The van der Waals surface area contributed by atoms with E-state index >= 15 is 0 Å². The van der Waals surface area contributed by atoms with Crippen LogP contribution in [0.2, 0.25) is 0 Å². The molecule has 1 heterocycles. The first-order valence-electron chi connectivity index (χ1n) is 3.58. The van der Waals surface area contributed by atoms with Crippen LogP contribution in [0.3, 0.4) is 0 Å². The molecule has 0 fully saturated rings. The van der Waals surface area contributed by atoms with Crippen molar-refractivity contribution in [3.05, 3.63) is 27.5 Å². The van der Waals surface area contributed by atoms with Gasteiger partial charge in [0, 0.05) is 10.9 Å². The molecule has 0 aliphatic carbocycles. The largest absolute Gasteiger partial charge is 0.298 e. The minimum atomic E-state index is -2.67. The first-order valence-corrected chi connectivity index (χ1v) is 5.50. The molecular formula is C8H5Br2F2NO. The first-order chi connectivity index (χ1) is 6.60. The Morgan fingerprint density at radius 1 is 1.57 bits per heavy atom. The summed E-state index contributed by atoms with van der Waals surface area (Å²) in [5.74, 6) is 0. The van der Waals surface area contributed by atoms with Gasteiger partial charge in [-0.05, 0) is 22.0 Å². The van der Waals surface area contributed by atoms with Crippen LogP contribution in [0.5, 0.6) is 0 Å². The lowest BCUT2D eigenvalue weighted by Crippen LogP contribution is -1.99. The zero-order chi connectivity index (χ0) is 10.7. The Balaban J connectivity index is 3.31. The summed E-state index contributed by atoms with van der Waals surface area (Å²) in [4.78, 5) is 14.2. The third-order valence-electron chi connectivity index (χ3n) is 1.55. The summed E-state index contributed by atoms with van der Waals surface area (Å²) in [5, 5.41) is 0.314. The molecule has 0 unspecified atom stereocenters. The van der Waals surface area contributed by atoms with Crippen LogP contribution < -0.4 is 0 Å². The van der Waals surface area contributed by atoms with Crippen molar-refractivity contribution in [2.45, 2.75) is 11.8 Å². The van der Waals surface area contributed by atoms with Gasteiger partial charge in [-0.1, -0.05) is 15.9 Å². The molecule has 0 aliphatic heterocycles. The summed E-state index contributed by atoms with van der Waals surface area (Å²) in [6.07, 6.45) is -2.15. The van der Waals surface area contributed by atoms with Crippen LogP contribution in [-0.4, -0.2) is 11.3 Å². The molecule has 0 N–H and O–H groups in total. The van der Waals surface area contributed by atoms with Crippen molar-refractivity contribution in [3.63, 3.8) is 0 Å². The molecule has 0 aliphatic rings. The number of alkyl halides is 3. The van der Waals surface area contributed by atoms with Crippen LogP contribution >= 0.6 is 31.9 Å². The topological polar surface area (TPSA) is 30.0 Å². The molecule has 0 saturated carbocycles. The van der Waals surface area contributed by atoms with E-state index in [1.165, 1.54) is 0 Å². The molecule has 0 aromatic carbocycles. The van der Waals surface area contributed by atoms with Crippen LogP contribution in [0.15, 0.2) is 10.5 Å². The smallest absolute Gasteiger partial charge is 0.280 e. The summed E-state index contributed by atoms with van der Waals surface area (Å²) in [7, 11) is 0. The van der Waals surface area contributed by atoms with Gasteiger partial charge in [-0.15, -0.1) is 0 Å². The summed E-state index contributed by atoms with van der Waals surface area (Å²) >= 11 is 6.22. The monoisotopic (exact) mass is 327 g/mol. The van der Waals surface area contributed by atoms with E-state index in [9.17, 15) is 13.6 Å². The maximum Gasteiger partial charge on any atom is 0.280 e. The maximum atomic E-state index is 12.3. The highest BCUT2D eigenvalue weighted by Gasteiger charge is 2.15. The van der Waals surface area contributed by atoms with Gasteiger partial charge in [0.1, 0.15) is 5.69 Å². The second kappa shape index (κ2) is 4.93. The molecule has 1 aromatic heterocycles. The van der Waals surface area contributed by atoms with Gasteiger partial charge < -0.3 is 0 Å². The van der Waals surface area contributed by atoms with Crippen LogP contribution in [0, 0.1) is 0 Å². The predicted molar refractivity (Wildman–Crippen MR) is 54.9 cm³/mol. The molecular weight excluding hydrogens is 324 g/mol. The Labute approximate surface area is 96.0 Å². The molecule has 76 valence electrons. The van der Waals surface area contributed by atoms with Crippen molar-refractivity contribution in [1.82, 2.24) is 4.98 Å². The number of halogens is 4. The van der Waals surface area contributed by atoms with Gasteiger partial charge >= 0.3 is 0 Å². The van der Waals surface area contributed by atoms with E-state index in [1.54, 1.807) is 0 Å². The van der Waals surface area contributed by atoms with Crippen molar-refractivity contribution in [2.24, 2.45) is 0 Å². The highest BCUT2D eigenvalue weighted by atomic mass is 79.9. The Kier molecular flexibility index (Phi) is 4.12. The zero-order valence-corrected chi connectivity index (χ0v) is 9.98. The quantitative estimate of drug-likeness (QED) is 0.628. The minimum absolute atomic E-state index is 0.185. The van der Waals surface area contributed by atoms with Gasteiger partial charge in [-0.2, -0.15) is 0 Å². The number of aromatic nitrogens is 1. The highest BCUT2D eigenvalue weighted by molar-refractivity contribution is 9.10. The van der Waals surface area contributed by atoms with E-state index in [0.717, 1.165) is 6.07 Å². The SMILES string of the molecule is O=Cc1cc(C(F)F)nc(CBr)c1Br. The number of nitrogens with zero attached hydrogens (tertiary/aromatic N) is 1. The normalized spacial score (nSPS) is 10.6. The molecule has 0 amide bonds. The number of carbonyl (C=O) groups excluding carboxylic acids is 1. The number of hydrogen-bond donors (Lipinski definition) is 0. The summed E-state index contributed by atoms with van der Waals surface area (Å²) in [6, 6.07) is 1.08. The van der Waals surface area contributed by atoms with Gasteiger partial charge in [0.2, 0.25) is 0 Å². The fourth-order valence-electron chi connectivity index (χ4n) is 0.913. The lowest BCUT2D eigenvalue weighted by atomic mass is 10.2. The second-order valence-corrected chi connectivity index (χ2v) is 3.80. The van der Waals surface area contributed by atoms with Gasteiger partial charge in [-0.25, -0.2) is 13.8 Å². The third-order valence-corrected chi connectivity index (χ3v) is 3.00. The van der Waals surface area contributed by atoms with E-state index in [0.29, 0.717) is 21.8 Å². The van der Waals surface area contributed by atoms with Gasteiger partial charge in [0.15, 0.2) is 6.29 Å². The fourth-order valence-corrected chi connectivity index (χ4v) is 2.13. The fraction of sp³-hybridized carbons (Fsp3) is 0.250. The van der Waals surface area contributed by atoms with Crippen LogP contribution in [0.4, 0.5) is 8.78 Å². The number of aldehydes is 1. The average Bonchev–Trinajstić information content (AvgIpc) is 2.17. The Hall–Kier alpha value is -0.360. The van der Waals surface area contributed by atoms with Crippen LogP contribution in [0.25, 0.3) is 0 Å². The summed E-state index contributed by atoms with van der Waals surface area (Å²) in [6.45, 7) is 0. The molecule has 0 bridgehead atoms. The molecule has 0 atom stereocenters. The Morgan fingerprint density at radius 3 is 2.64 bits per heavy atom. The predicted octanol–water partition coefficient (Wildman–Crippen LogP) is 3.49. The van der Waals surface area contributed by atoms with Crippen molar-refractivity contribution >= 4 is 38.1 Å². The highest BCUT2D eigenvalue weighted by Crippen LogP contribution is 2.26. The summed E-state index contributed by atoms with van der Waals surface area (Å²) in [5.41, 5.74) is 0.194. The molecule has 0 spiro atoms. The van der Waals surface area contributed by atoms with E-state index in [4.69, 9.17) is 0 Å². The van der Waals surface area contributed by atoms with Crippen LogP contribution in [0.1, 0.15) is 28.2 Å². The van der Waals surface area contributed by atoms with Crippen molar-refractivity contribution in [2.75, 3.05) is 0 Å². The number of rotatable bonds is 3. The third kappa shape index (κ3) is 2.36. The molecule has 14 heavy (non-hydrogen) atoms. The van der Waals surface area contributed by atoms with E-state index in [1.807, 2.05) is 0 Å². The Morgan fingerprint density at radius 2 is 2.21 bits per heavy atom. The lowest BCUT2D eigenvalue weighted by Gasteiger charge is -2.06. The molecule has 0 saturated heterocycles. The molecule has 1 aromatic rings. The zero-order valence-electron chi connectivity index (χ0n) is 6.81. The van der Waals surface area contributed by atoms with Crippen LogP contribution in [-0.2, 0) is 5.33 Å². The van der Waals surface area contributed by atoms with E-state index in [-0.39, 0.29) is 11.3 Å². The van der Waals surface area contributed by atoms with Crippen molar-refractivity contribution in [3.8, 4) is 0 Å². The van der Waals surface area contributed by atoms with E-state index < -0.39 is 6.43 Å². The minimum Gasteiger partial charge on any atom is -0.298 e. The average molecular weight is 329 g/mol. The van der Waals surface area contributed by atoms with E-state index in [2.05, 4.69) is 36.8 Å². The maximum absolute atomic E-state index is 12.3. The first kappa shape index (κ1) is 11.7. The van der Waals surface area contributed by atoms with Gasteiger partial charge in [0.05, 0.1) is 10.2 Å². The van der Waals surface area contributed by atoms with Gasteiger partial charge in [-0.3, -0.25) is 4.79 Å². The standard InChI is InChI=1S/C8H5Br2F2NO/c9-2-6-7(10)4(3-14)1-5(13-6)8(11)12/h1,3,8H,2H2. The van der Waals surface area contributed by atoms with Crippen molar-refractivity contribution in [1.29, 1.82) is 0 Å². The number of pyridine rings is 1. The molecule has 0 radical (unpaired) electrons. The summed E-state index contributed by atoms with van der Waals surface area (Å²) < 4.78 is 25.1. The molecule has 2 nitrogen and oxygen atoms in total. The lowest BCUT2D eigenvalue weighted by molar-refractivity contribution is 0.112. The number of hydrogen-bond acceptors (Lipinski definition) is 2. The van der Waals surface area contributed by atoms with Gasteiger partial charge in [0.25, 0.3) is 6.43 Å². The second-order valence-electron chi connectivity index (χ2n) is 2.45. The Bertz CT molecular complexity index is 357. The molecule has 6 heteroatoms. The number of carbonyl (C=O) groups is 1. The molecule has 1 rings (SSSR count).